The van der Waals surface area contributed by atoms with Gasteiger partial charge >= 0.3 is 0 Å². The Morgan fingerprint density at radius 2 is 1.02 bits per heavy atom. The topological polar surface area (TPSA) is 8.17 Å². The van der Waals surface area contributed by atoms with E-state index in [4.69, 9.17) is 0 Å². The van der Waals surface area contributed by atoms with Crippen LogP contribution >= 0.6 is 0 Å². The van der Waals surface area contributed by atoms with Crippen LogP contribution in [0, 0.1) is 0 Å². The summed E-state index contributed by atoms with van der Waals surface area (Å²) in [6.07, 6.45) is 0. The summed E-state index contributed by atoms with van der Waals surface area (Å²) in [5.74, 6) is 0. The standard InChI is InChI=1S/C46H36N2/c1-45(2)37-19-11-18-35-36-27-31(28-40-43(36)48(42(35)37)44-38(45)20-12-21-39(44)46(40,3)4)29-23-25-33(26-24-29)47(32-15-6-5-7-16-32)41-22-10-14-30-13-8-9-17-34(30)41/h5-28H,1-4H3. The van der Waals surface area contributed by atoms with Gasteiger partial charge in [0.25, 0.3) is 0 Å². The molecule has 3 heterocycles. The molecule has 10 rings (SSSR count). The molecule has 0 radical (unpaired) electrons. The molecule has 2 aliphatic rings. The van der Waals surface area contributed by atoms with Gasteiger partial charge in [0.15, 0.2) is 0 Å². The van der Waals surface area contributed by atoms with Crippen molar-refractivity contribution in [3.8, 4) is 16.8 Å². The third-order valence-electron chi connectivity index (χ3n) is 11.3. The molecule has 0 atom stereocenters. The highest BCUT2D eigenvalue weighted by molar-refractivity contribution is 6.15. The molecule has 0 amide bonds. The molecule has 0 aliphatic carbocycles. The SMILES string of the molecule is CC1(C)c2cccc3c2-n2c4c1cccc4c1cc(-c4ccc(N(c5ccccc5)c5cccc6ccccc56)cc4)cc(c12)C3(C)C. The highest BCUT2D eigenvalue weighted by Crippen LogP contribution is 2.55. The minimum atomic E-state index is -0.143. The first-order valence-electron chi connectivity index (χ1n) is 17.0. The first-order valence-corrected chi connectivity index (χ1v) is 17.0. The summed E-state index contributed by atoms with van der Waals surface area (Å²) >= 11 is 0. The van der Waals surface area contributed by atoms with E-state index in [1.165, 1.54) is 77.3 Å². The highest BCUT2D eigenvalue weighted by Gasteiger charge is 2.43. The molecule has 0 saturated carbocycles. The average Bonchev–Trinajstić information content (AvgIpc) is 3.45. The first-order chi connectivity index (χ1) is 23.3. The summed E-state index contributed by atoms with van der Waals surface area (Å²) in [6.45, 7) is 9.61. The van der Waals surface area contributed by atoms with Gasteiger partial charge in [-0.05, 0) is 81.2 Å². The van der Waals surface area contributed by atoms with E-state index in [0.29, 0.717) is 0 Å². The third-order valence-corrected chi connectivity index (χ3v) is 11.3. The molecule has 7 aromatic carbocycles. The van der Waals surface area contributed by atoms with E-state index in [1.54, 1.807) is 0 Å². The van der Waals surface area contributed by atoms with Crippen LogP contribution < -0.4 is 4.90 Å². The molecular weight excluding hydrogens is 581 g/mol. The summed E-state index contributed by atoms with van der Waals surface area (Å²) < 4.78 is 2.60. The third kappa shape index (κ3) is 3.52. The summed E-state index contributed by atoms with van der Waals surface area (Å²) in [5, 5.41) is 5.16. The van der Waals surface area contributed by atoms with Gasteiger partial charge in [0, 0.05) is 38.4 Å². The van der Waals surface area contributed by atoms with E-state index in [1.807, 2.05) is 0 Å². The van der Waals surface area contributed by atoms with Crippen molar-refractivity contribution in [2.24, 2.45) is 0 Å². The van der Waals surface area contributed by atoms with Crippen LogP contribution in [-0.2, 0) is 10.8 Å². The summed E-state index contributed by atoms with van der Waals surface area (Å²) in [6, 6.07) is 53.9. The Labute approximate surface area is 281 Å². The molecule has 0 bridgehead atoms. The van der Waals surface area contributed by atoms with E-state index >= 15 is 0 Å². The zero-order chi connectivity index (χ0) is 32.4. The molecule has 0 fully saturated rings. The van der Waals surface area contributed by atoms with Crippen molar-refractivity contribution in [1.29, 1.82) is 0 Å². The number of rotatable bonds is 4. The highest BCUT2D eigenvalue weighted by atomic mass is 15.1. The maximum atomic E-state index is 2.60. The monoisotopic (exact) mass is 616 g/mol. The zero-order valence-corrected chi connectivity index (χ0v) is 27.8. The van der Waals surface area contributed by atoms with Crippen molar-refractivity contribution in [2.75, 3.05) is 4.90 Å². The van der Waals surface area contributed by atoms with Gasteiger partial charge in [0.2, 0.25) is 0 Å². The fraction of sp³-hybridized carbons (Fsp3) is 0.130. The maximum Gasteiger partial charge on any atom is 0.0582 e. The number of para-hydroxylation sites is 3. The largest absolute Gasteiger partial charge is 0.310 e. The summed E-state index contributed by atoms with van der Waals surface area (Å²) in [4.78, 5) is 2.38. The lowest BCUT2D eigenvalue weighted by molar-refractivity contribution is 0.594. The van der Waals surface area contributed by atoms with E-state index in [-0.39, 0.29) is 10.8 Å². The summed E-state index contributed by atoms with van der Waals surface area (Å²) in [5.41, 5.74) is 15.5. The van der Waals surface area contributed by atoms with Gasteiger partial charge in [-0.1, -0.05) is 131 Å². The average molecular weight is 617 g/mol. The quantitative estimate of drug-likeness (QED) is 0.191. The molecule has 48 heavy (non-hydrogen) atoms. The van der Waals surface area contributed by atoms with Gasteiger partial charge in [-0.3, -0.25) is 0 Å². The van der Waals surface area contributed by atoms with Gasteiger partial charge in [-0.15, -0.1) is 0 Å². The minimum Gasteiger partial charge on any atom is -0.310 e. The van der Waals surface area contributed by atoms with Crippen molar-refractivity contribution in [1.82, 2.24) is 4.57 Å². The second-order valence-corrected chi connectivity index (χ2v) is 14.6. The Morgan fingerprint density at radius 1 is 0.438 bits per heavy atom. The molecule has 0 unspecified atom stereocenters. The van der Waals surface area contributed by atoms with Crippen molar-refractivity contribution in [2.45, 2.75) is 38.5 Å². The van der Waals surface area contributed by atoms with Gasteiger partial charge in [-0.2, -0.15) is 0 Å². The molecule has 2 heteroatoms. The Kier molecular flexibility index (Phi) is 5.44. The summed E-state index contributed by atoms with van der Waals surface area (Å²) in [7, 11) is 0. The maximum absolute atomic E-state index is 2.60. The van der Waals surface area contributed by atoms with Crippen LogP contribution in [0.3, 0.4) is 0 Å². The number of fused-ring (bicyclic) bond motifs is 2. The Morgan fingerprint density at radius 3 is 1.81 bits per heavy atom. The minimum absolute atomic E-state index is 0.0732. The van der Waals surface area contributed by atoms with E-state index in [0.717, 1.165) is 11.4 Å². The fourth-order valence-electron chi connectivity index (χ4n) is 8.86. The van der Waals surface area contributed by atoms with Crippen LogP contribution in [0.4, 0.5) is 17.1 Å². The Balaban J connectivity index is 1.18. The second kappa shape index (κ2) is 9.49. The molecule has 230 valence electrons. The lowest BCUT2D eigenvalue weighted by Crippen LogP contribution is -2.33. The molecule has 8 aromatic rings. The zero-order valence-electron chi connectivity index (χ0n) is 27.8. The van der Waals surface area contributed by atoms with Crippen LogP contribution in [0.5, 0.6) is 0 Å². The molecule has 0 spiro atoms. The van der Waals surface area contributed by atoms with Crippen LogP contribution in [0.15, 0.2) is 146 Å². The number of nitrogens with zero attached hydrogens (tertiary/aromatic N) is 2. The number of hydrogen-bond donors (Lipinski definition) is 0. The van der Waals surface area contributed by atoms with Crippen LogP contribution in [0.2, 0.25) is 0 Å². The molecule has 2 nitrogen and oxygen atoms in total. The lowest BCUT2D eigenvalue weighted by Gasteiger charge is -2.42. The molecule has 0 N–H and O–H groups in total. The molecule has 0 saturated heterocycles. The lowest BCUT2D eigenvalue weighted by atomic mass is 9.68. The number of benzene rings is 7. The van der Waals surface area contributed by atoms with Crippen LogP contribution in [0.25, 0.3) is 49.4 Å². The van der Waals surface area contributed by atoms with E-state index in [9.17, 15) is 0 Å². The second-order valence-electron chi connectivity index (χ2n) is 14.6. The van der Waals surface area contributed by atoms with Crippen LogP contribution in [0.1, 0.15) is 49.9 Å². The Hall–Kier alpha value is -5.60. The number of hydrogen-bond acceptors (Lipinski definition) is 1. The Bertz CT molecular complexity index is 2600. The first kappa shape index (κ1) is 27.5. The van der Waals surface area contributed by atoms with Crippen molar-refractivity contribution in [3.05, 3.63) is 168 Å². The predicted octanol–water partition coefficient (Wildman–Crippen LogP) is 12.4. The van der Waals surface area contributed by atoms with Crippen molar-refractivity contribution >= 4 is 49.6 Å². The van der Waals surface area contributed by atoms with E-state index in [2.05, 4.69) is 183 Å². The molecule has 2 aliphatic heterocycles. The van der Waals surface area contributed by atoms with Gasteiger partial charge in [0.1, 0.15) is 0 Å². The van der Waals surface area contributed by atoms with Crippen molar-refractivity contribution in [3.63, 3.8) is 0 Å². The predicted molar refractivity (Wildman–Crippen MR) is 203 cm³/mol. The van der Waals surface area contributed by atoms with Gasteiger partial charge in [-0.25, -0.2) is 0 Å². The van der Waals surface area contributed by atoms with Crippen molar-refractivity contribution < 1.29 is 0 Å². The molecule has 1 aromatic heterocycles. The normalized spacial score (nSPS) is 15.0. The fourth-order valence-corrected chi connectivity index (χ4v) is 8.86. The smallest absolute Gasteiger partial charge is 0.0582 e. The number of aromatic nitrogens is 1. The van der Waals surface area contributed by atoms with Crippen LogP contribution in [-0.4, -0.2) is 4.57 Å². The van der Waals surface area contributed by atoms with E-state index < -0.39 is 0 Å². The molecular formula is C46H36N2. The number of anilines is 3. The van der Waals surface area contributed by atoms with Gasteiger partial charge in [0.05, 0.1) is 22.4 Å². The van der Waals surface area contributed by atoms with Gasteiger partial charge < -0.3 is 9.47 Å².